The average molecular weight is 213 g/mol. The molecule has 1 aromatic carbocycles. The smallest absolute Gasteiger partial charge is 0.127 e. The molecule has 16 heavy (non-hydrogen) atoms. The third-order valence-electron chi connectivity index (χ3n) is 2.45. The Morgan fingerprint density at radius 2 is 1.56 bits per heavy atom. The molecule has 0 bridgehead atoms. The van der Waals surface area contributed by atoms with Crippen LogP contribution in [0.15, 0.2) is 42.6 Å². The van der Waals surface area contributed by atoms with Crippen molar-refractivity contribution < 1.29 is 0 Å². The summed E-state index contributed by atoms with van der Waals surface area (Å²) in [6, 6.07) is 11.9. The first kappa shape index (κ1) is 10.5. The molecule has 1 heterocycles. The van der Waals surface area contributed by atoms with E-state index < -0.39 is 0 Å². The highest BCUT2D eigenvalue weighted by atomic mass is 15.1. The van der Waals surface area contributed by atoms with Crippen LogP contribution < -0.4 is 10.6 Å². The number of rotatable bonds is 2. The van der Waals surface area contributed by atoms with Crippen LogP contribution in [0.1, 0.15) is 0 Å². The molecule has 3 nitrogen and oxygen atoms in total. The minimum atomic E-state index is 0.779. The molecule has 0 aliphatic heterocycles. The van der Waals surface area contributed by atoms with E-state index in [9.17, 15) is 0 Å². The van der Waals surface area contributed by atoms with E-state index in [1.165, 1.54) is 0 Å². The largest absolute Gasteiger partial charge is 0.399 e. The Labute approximate surface area is 95.5 Å². The minimum absolute atomic E-state index is 0.779. The van der Waals surface area contributed by atoms with Crippen LogP contribution in [0.3, 0.4) is 0 Å². The number of benzene rings is 1. The van der Waals surface area contributed by atoms with E-state index in [-0.39, 0.29) is 0 Å². The second-order valence-corrected chi connectivity index (χ2v) is 3.92. The Morgan fingerprint density at radius 1 is 0.938 bits per heavy atom. The zero-order valence-corrected chi connectivity index (χ0v) is 9.51. The predicted octanol–water partition coefficient (Wildman–Crippen LogP) is 2.40. The monoisotopic (exact) mass is 213 g/mol. The minimum Gasteiger partial charge on any atom is -0.399 e. The first-order valence-electron chi connectivity index (χ1n) is 5.16. The lowest BCUT2D eigenvalue weighted by atomic mass is 10.1. The van der Waals surface area contributed by atoms with Gasteiger partial charge in [-0.3, -0.25) is 0 Å². The zero-order valence-electron chi connectivity index (χ0n) is 9.51. The third-order valence-corrected chi connectivity index (χ3v) is 2.45. The van der Waals surface area contributed by atoms with Crippen molar-refractivity contribution in [3.05, 3.63) is 42.6 Å². The second-order valence-electron chi connectivity index (χ2n) is 3.92. The van der Waals surface area contributed by atoms with Crippen LogP contribution in [-0.2, 0) is 0 Å². The Morgan fingerprint density at radius 3 is 2.06 bits per heavy atom. The number of anilines is 2. The van der Waals surface area contributed by atoms with Gasteiger partial charge in [-0.25, -0.2) is 4.98 Å². The van der Waals surface area contributed by atoms with Gasteiger partial charge in [0.25, 0.3) is 0 Å². The van der Waals surface area contributed by atoms with Crippen molar-refractivity contribution in [2.75, 3.05) is 24.7 Å². The molecular formula is C13H15N3. The summed E-state index contributed by atoms with van der Waals surface area (Å²) >= 11 is 0. The maximum absolute atomic E-state index is 5.65. The Balaban J connectivity index is 2.31. The van der Waals surface area contributed by atoms with E-state index in [1.807, 2.05) is 55.5 Å². The molecule has 0 aliphatic carbocycles. The standard InChI is InChI=1S/C13H15N3/c1-16(2)13-8-5-11(9-15-13)10-3-6-12(14)7-4-10/h3-9H,14H2,1-2H3. The van der Waals surface area contributed by atoms with Crippen molar-refractivity contribution in [3.63, 3.8) is 0 Å². The molecule has 82 valence electrons. The van der Waals surface area contributed by atoms with E-state index in [0.717, 1.165) is 22.6 Å². The summed E-state index contributed by atoms with van der Waals surface area (Å²) in [5.74, 6) is 0.958. The van der Waals surface area contributed by atoms with Crippen LogP contribution in [0.4, 0.5) is 11.5 Å². The molecule has 2 aromatic rings. The molecule has 0 saturated carbocycles. The van der Waals surface area contributed by atoms with Crippen molar-refractivity contribution in [3.8, 4) is 11.1 Å². The number of nitrogens with two attached hydrogens (primary N) is 1. The molecule has 0 atom stereocenters. The van der Waals surface area contributed by atoms with Gasteiger partial charge in [0, 0.05) is 31.5 Å². The fourth-order valence-corrected chi connectivity index (χ4v) is 1.50. The summed E-state index contributed by atoms with van der Waals surface area (Å²) in [5.41, 5.74) is 8.66. The lowest BCUT2D eigenvalue weighted by Gasteiger charge is -2.11. The van der Waals surface area contributed by atoms with Gasteiger partial charge in [0.05, 0.1) is 0 Å². The van der Waals surface area contributed by atoms with Gasteiger partial charge in [0.2, 0.25) is 0 Å². The number of aromatic nitrogens is 1. The van der Waals surface area contributed by atoms with Crippen LogP contribution in [0.5, 0.6) is 0 Å². The second kappa shape index (κ2) is 4.23. The van der Waals surface area contributed by atoms with Crippen LogP contribution in [0, 0.1) is 0 Å². The summed E-state index contributed by atoms with van der Waals surface area (Å²) in [7, 11) is 3.95. The molecule has 1 aromatic heterocycles. The van der Waals surface area contributed by atoms with Crippen molar-refractivity contribution in [2.45, 2.75) is 0 Å². The van der Waals surface area contributed by atoms with Crippen LogP contribution in [0.25, 0.3) is 11.1 Å². The first-order chi connectivity index (χ1) is 7.66. The normalized spacial score (nSPS) is 10.1. The van der Waals surface area contributed by atoms with E-state index in [1.54, 1.807) is 0 Å². The molecule has 2 N–H and O–H groups in total. The van der Waals surface area contributed by atoms with E-state index >= 15 is 0 Å². The molecule has 0 radical (unpaired) electrons. The Kier molecular flexibility index (Phi) is 2.77. The van der Waals surface area contributed by atoms with Gasteiger partial charge in [0.1, 0.15) is 5.82 Å². The molecule has 3 heteroatoms. The van der Waals surface area contributed by atoms with Gasteiger partial charge in [-0.2, -0.15) is 0 Å². The highest BCUT2D eigenvalue weighted by Crippen LogP contribution is 2.21. The van der Waals surface area contributed by atoms with Crippen LogP contribution in [0.2, 0.25) is 0 Å². The lowest BCUT2D eigenvalue weighted by Crippen LogP contribution is -2.09. The summed E-state index contributed by atoms with van der Waals surface area (Å²) < 4.78 is 0. The van der Waals surface area contributed by atoms with Crippen LogP contribution >= 0.6 is 0 Å². The molecule has 0 saturated heterocycles. The van der Waals surface area contributed by atoms with Crippen molar-refractivity contribution in [2.24, 2.45) is 0 Å². The summed E-state index contributed by atoms with van der Waals surface area (Å²) in [4.78, 5) is 6.35. The molecular weight excluding hydrogens is 198 g/mol. The van der Waals surface area contributed by atoms with Gasteiger partial charge in [-0.05, 0) is 29.8 Å². The molecule has 2 rings (SSSR count). The quantitative estimate of drug-likeness (QED) is 0.779. The van der Waals surface area contributed by atoms with Gasteiger partial charge in [0.15, 0.2) is 0 Å². The fourth-order valence-electron chi connectivity index (χ4n) is 1.50. The highest BCUT2D eigenvalue weighted by Gasteiger charge is 1.99. The van der Waals surface area contributed by atoms with E-state index in [2.05, 4.69) is 11.1 Å². The molecule has 0 spiro atoms. The fraction of sp³-hybridized carbons (Fsp3) is 0.154. The maximum atomic E-state index is 5.65. The van der Waals surface area contributed by atoms with Crippen molar-refractivity contribution in [1.29, 1.82) is 0 Å². The number of nitrogen functional groups attached to an aromatic ring is 1. The van der Waals surface area contributed by atoms with Crippen LogP contribution in [-0.4, -0.2) is 19.1 Å². The number of hydrogen-bond acceptors (Lipinski definition) is 3. The Bertz CT molecular complexity index is 458. The molecule has 0 amide bonds. The Hall–Kier alpha value is -2.03. The molecule has 0 aliphatic rings. The number of pyridine rings is 1. The third kappa shape index (κ3) is 2.14. The molecule has 0 fully saturated rings. The lowest BCUT2D eigenvalue weighted by molar-refractivity contribution is 1.07. The molecule has 0 unspecified atom stereocenters. The van der Waals surface area contributed by atoms with Gasteiger partial charge >= 0.3 is 0 Å². The average Bonchev–Trinajstić information content (AvgIpc) is 2.30. The van der Waals surface area contributed by atoms with Gasteiger partial charge in [-0.1, -0.05) is 12.1 Å². The highest BCUT2D eigenvalue weighted by molar-refractivity contribution is 5.65. The van der Waals surface area contributed by atoms with E-state index in [4.69, 9.17) is 5.73 Å². The number of hydrogen-bond donors (Lipinski definition) is 1. The summed E-state index contributed by atoms with van der Waals surface area (Å²) in [5, 5.41) is 0. The van der Waals surface area contributed by atoms with E-state index in [0.29, 0.717) is 0 Å². The SMILES string of the molecule is CN(C)c1ccc(-c2ccc(N)cc2)cn1. The van der Waals surface area contributed by atoms with Gasteiger partial charge < -0.3 is 10.6 Å². The van der Waals surface area contributed by atoms with Crippen molar-refractivity contribution in [1.82, 2.24) is 4.98 Å². The van der Waals surface area contributed by atoms with Crippen molar-refractivity contribution >= 4 is 11.5 Å². The van der Waals surface area contributed by atoms with Gasteiger partial charge in [-0.15, -0.1) is 0 Å². The topological polar surface area (TPSA) is 42.1 Å². The summed E-state index contributed by atoms with van der Waals surface area (Å²) in [6.07, 6.45) is 1.88. The number of nitrogens with zero attached hydrogens (tertiary/aromatic N) is 2. The summed E-state index contributed by atoms with van der Waals surface area (Å²) in [6.45, 7) is 0. The predicted molar refractivity (Wildman–Crippen MR) is 68.4 cm³/mol. The maximum Gasteiger partial charge on any atom is 0.127 e. The first-order valence-corrected chi connectivity index (χ1v) is 5.16. The zero-order chi connectivity index (χ0) is 11.5.